The highest BCUT2D eigenvalue weighted by atomic mass is 16.4. The maximum Gasteiger partial charge on any atom is 0.341 e. The van der Waals surface area contributed by atoms with Crippen molar-refractivity contribution in [3.05, 3.63) is 58.3 Å². The van der Waals surface area contributed by atoms with Gasteiger partial charge in [0.15, 0.2) is 0 Å². The van der Waals surface area contributed by atoms with E-state index in [1.54, 1.807) is 37.5 Å². The number of pyridine rings is 2. The van der Waals surface area contributed by atoms with Crippen LogP contribution in [0, 0.1) is 6.92 Å². The molecule has 2 heterocycles. The molecule has 0 saturated carbocycles. The summed E-state index contributed by atoms with van der Waals surface area (Å²) in [5.74, 6) is -1.22. The molecule has 0 amide bonds. The van der Waals surface area contributed by atoms with Gasteiger partial charge in [-0.1, -0.05) is 0 Å². The summed E-state index contributed by atoms with van der Waals surface area (Å²) < 4.78 is 1.35. The lowest BCUT2D eigenvalue weighted by Gasteiger charge is -2.10. The topological polar surface area (TPSA) is 72.2 Å². The first kappa shape index (κ1) is 11.1. The van der Waals surface area contributed by atoms with Gasteiger partial charge in [0.1, 0.15) is 5.56 Å². The van der Waals surface area contributed by atoms with Crippen LogP contribution >= 0.6 is 0 Å². The van der Waals surface area contributed by atoms with Crippen LogP contribution in [0.5, 0.6) is 0 Å². The molecule has 0 fully saturated rings. The third-order valence-corrected chi connectivity index (χ3v) is 2.43. The Morgan fingerprint density at radius 2 is 1.88 bits per heavy atom. The predicted molar refractivity (Wildman–Crippen MR) is 61.5 cm³/mol. The Labute approximate surface area is 97.0 Å². The molecule has 0 unspecified atom stereocenters. The van der Waals surface area contributed by atoms with Gasteiger partial charge in [0.05, 0.1) is 5.69 Å². The van der Waals surface area contributed by atoms with E-state index in [-0.39, 0.29) is 5.56 Å². The van der Waals surface area contributed by atoms with Crippen LogP contribution in [-0.4, -0.2) is 20.6 Å². The van der Waals surface area contributed by atoms with Crippen molar-refractivity contribution < 1.29 is 9.90 Å². The third kappa shape index (κ3) is 1.94. The fourth-order valence-electron chi connectivity index (χ4n) is 1.61. The number of aryl methyl sites for hydroxylation is 1. The molecule has 0 bridgehead atoms. The number of carboxylic acids is 1. The Morgan fingerprint density at radius 1 is 1.24 bits per heavy atom. The molecule has 0 spiro atoms. The van der Waals surface area contributed by atoms with Gasteiger partial charge >= 0.3 is 5.97 Å². The fraction of sp³-hybridized carbons (Fsp3) is 0.0833. The third-order valence-electron chi connectivity index (χ3n) is 2.43. The quantitative estimate of drug-likeness (QED) is 0.842. The summed E-state index contributed by atoms with van der Waals surface area (Å²) in [7, 11) is 0. The van der Waals surface area contributed by atoms with Gasteiger partial charge in [0.25, 0.3) is 5.56 Å². The molecule has 0 aliphatic rings. The van der Waals surface area contributed by atoms with Crippen LogP contribution in [0.2, 0.25) is 0 Å². The second kappa shape index (κ2) is 4.21. The lowest BCUT2D eigenvalue weighted by Crippen LogP contribution is -2.26. The van der Waals surface area contributed by atoms with Crippen molar-refractivity contribution >= 4 is 5.97 Å². The average Bonchev–Trinajstić information content (AvgIpc) is 2.30. The lowest BCUT2D eigenvalue weighted by atomic mass is 10.2. The molecule has 0 aliphatic heterocycles. The minimum absolute atomic E-state index is 0.243. The Kier molecular flexibility index (Phi) is 2.74. The maximum absolute atomic E-state index is 12.0. The Balaban J connectivity index is 2.74. The zero-order chi connectivity index (χ0) is 12.4. The summed E-state index contributed by atoms with van der Waals surface area (Å²) in [5.41, 5.74) is 0.493. The van der Waals surface area contributed by atoms with Crippen molar-refractivity contribution in [2.45, 2.75) is 6.92 Å². The predicted octanol–water partition coefficient (Wildman–Crippen LogP) is 1.24. The van der Waals surface area contributed by atoms with Gasteiger partial charge in [0, 0.05) is 18.1 Å². The maximum atomic E-state index is 12.0. The van der Waals surface area contributed by atoms with Crippen molar-refractivity contribution in [3.8, 4) is 5.69 Å². The summed E-state index contributed by atoms with van der Waals surface area (Å²) in [6, 6.07) is 6.23. The molecule has 0 radical (unpaired) electrons. The molecule has 0 aromatic carbocycles. The van der Waals surface area contributed by atoms with Gasteiger partial charge in [-0.25, -0.2) is 4.79 Å². The summed E-state index contributed by atoms with van der Waals surface area (Å²) in [6.07, 6.45) is 3.10. The minimum Gasteiger partial charge on any atom is -0.477 e. The average molecular weight is 230 g/mol. The molecule has 5 nitrogen and oxygen atoms in total. The van der Waals surface area contributed by atoms with Crippen LogP contribution in [0.3, 0.4) is 0 Å². The number of aromatic carboxylic acids is 1. The largest absolute Gasteiger partial charge is 0.477 e. The number of hydrogen-bond donors (Lipinski definition) is 1. The summed E-state index contributed by atoms with van der Waals surface area (Å²) in [6.45, 7) is 1.74. The van der Waals surface area contributed by atoms with Crippen LogP contribution in [0.25, 0.3) is 5.69 Å². The van der Waals surface area contributed by atoms with E-state index in [0.29, 0.717) is 11.4 Å². The number of hydrogen-bond acceptors (Lipinski definition) is 3. The van der Waals surface area contributed by atoms with Crippen molar-refractivity contribution in [1.29, 1.82) is 0 Å². The first-order chi connectivity index (χ1) is 8.11. The molecule has 0 atom stereocenters. The van der Waals surface area contributed by atoms with Gasteiger partial charge in [-0.2, -0.15) is 0 Å². The molecule has 1 N–H and O–H groups in total. The number of carbonyl (C=O) groups is 1. The highest BCUT2D eigenvalue weighted by Crippen LogP contribution is 2.07. The molecule has 86 valence electrons. The van der Waals surface area contributed by atoms with Gasteiger partial charge in [-0.05, 0) is 31.2 Å². The molecule has 0 saturated heterocycles. The van der Waals surface area contributed by atoms with Crippen LogP contribution in [0.15, 0.2) is 41.5 Å². The lowest BCUT2D eigenvalue weighted by molar-refractivity contribution is 0.0694. The number of nitrogens with zero attached hydrogens (tertiary/aromatic N) is 2. The molecule has 5 heteroatoms. The first-order valence-corrected chi connectivity index (χ1v) is 4.97. The number of carboxylic acid groups (broad SMARTS) is 1. The standard InChI is InChI=1S/C12H10N2O3/c1-8-2-3-10(12(16)17)11(15)14(8)9-4-6-13-7-5-9/h2-7H,1H3,(H,16,17). The van der Waals surface area contributed by atoms with E-state index in [0.717, 1.165) is 0 Å². The number of aromatic nitrogens is 2. The molecular formula is C12H10N2O3. The molecular weight excluding hydrogens is 220 g/mol. The molecule has 2 aromatic rings. The van der Waals surface area contributed by atoms with Gasteiger partial charge in [-0.15, -0.1) is 0 Å². The van der Waals surface area contributed by atoms with E-state index in [2.05, 4.69) is 4.98 Å². The Bertz CT molecular complexity index is 617. The molecule has 0 aliphatic carbocycles. The summed E-state index contributed by atoms with van der Waals surface area (Å²) in [5, 5.41) is 8.90. The van der Waals surface area contributed by atoms with Crippen molar-refractivity contribution in [2.24, 2.45) is 0 Å². The van der Waals surface area contributed by atoms with Crippen LogP contribution in [0.4, 0.5) is 0 Å². The van der Waals surface area contributed by atoms with E-state index in [1.165, 1.54) is 10.6 Å². The van der Waals surface area contributed by atoms with Crippen LogP contribution < -0.4 is 5.56 Å². The van der Waals surface area contributed by atoms with Crippen molar-refractivity contribution in [2.75, 3.05) is 0 Å². The zero-order valence-electron chi connectivity index (χ0n) is 9.12. The normalized spacial score (nSPS) is 10.2. The monoisotopic (exact) mass is 230 g/mol. The minimum atomic E-state index is -1.22. The highest BCUT2D eigenvalue weighted by molar-refractivity contribution is 5.87. The van der Waals surface area contributed by atoms with Crippen molar-refractivity contribution in [3.63, 3.8) is 0 Å². The van der Waals surface area contributed by atoms with E-state index in [4.69, 9.17) is 5.11 Å². The van der Waals surface area contributed by atoms with Gasteiger partial charge in [-0.3, -0.25) is 14.3 Å². The second-order valence-corrected chi connectivity index (χ2v) is 3.54. The molecule has 2 aromatic heterocycles. The van der Waals surface area contributed by atoms with Crippen LogP contribution in [0.1, 0.15) is 16.1 Å². The smallest absolute Gasteiger partial charge is 0.341 e. The Hall–Kier alpha value is -2.43. The van der Waals surface area contributed by atoms with Gasteiger partial charge in [0.2, 0.25) is 0 Å². The summed E-state index contributed by atoms with van der Waals surface area (Å²) in [4.78, 5) is 26.7. The van der Waals surface area contributed by atoms with E-state index >= 15 is 0 Å². The zero-order valence-corrected chi connectivity index (χ0v) is 9.12. The van der Waals surface area contributed by atoms with E-state index in [9.17, 15) is 9.59 Å². The fourth-order valence-corrected chi connectivity index (χ4v) is 1.61. The van der Waals surface area contributed by atoms with Gasteiger partial charge < -0.3 is 5.11 Å². The Morgan fingerprint density at radius 3 is 2.47 bits per heavy atom. The highest BCUT2D eigenvalue weighted by Gasteiger charge is 2.13. The van der Waals surface area contributed by atoms with E-state index in [1.807, 2.05) is 0 Å². The van der Waals surface area contributed by atoms with E-state index < -0.39 is 11.5 Å². The molecule has 2 rings (SSSR count). The molecule has 17 heavy (non-hydrogen) atoms. The summed E-state index contributed by atoms with van der Waals surface area (Å²) >= 11 is 0. The second-order valence-electron chi connectivity index (χ2n) is 3.54. The van der Waals surface area contributed by atoms with Crippen LogP contribution in [-0.2, 0) is 0 Å². The van der Waals surface area contributed by atoms with Crippen molar-refractivity contribution in [1.82, 2.24) is 9.55 Å². The first-order valence-electron chi connectivity index (χ1n) is 4.97. The number of rotatable bonds is 2. The SMILES string of the molecule is Cc1ccc(C(=O)O)c(=O)n1-c1ccncc1.